The number of benzene rings is 1. The molecule has 0 spiro atoms. The molecule has 0 bridgehead atoms. The smallest absolute Gasteiger partial charge is 0.0507 e. The molecular weight excluding hydrogens is 208 g/mol. The summed E-state index contributed by atoms with van der Waals surface area (Å²) in [7, 11) is 2.12. The average Bonchev–Trinajstić information content (AvgIpc) is 2.73. The summed E-state index contributed by atoms with van der Waals surface area (Å²) in [4.78, 5) is 0. The molecule has 1 saturated heterocycles. The molecule has 0 aliphatic carbocycles. The van der Waals surface area contributed by atoms with E-state index in [-0.39, 0.29) is 0 Å². The zero-order chi connectivity index (χ0) is 11.8. The van der Waals surface area contributed by atoms with E-state index in [1.807, 2.05) is 0 Å². The van der Waals surface area contributed by atoms with E-state index in [4.69, 9.17) is 0 Å². The molecule has 1 fully saturated rings. The van der Waals surface area contributed by atoms with Crippen molar-refractivity contribution >= 4 is 10.9 Å². The van der Waals surface area contributed by atoms with Gasteiger partial charge in [-0.2, -0.15) is 0 Å². The first-order chi connectivity index (χ1) is 8.25. The van der Waals surface area contributed by atoms with Crippen LogP contribution in [0.2, 0.25) is 0 Å². The van der Waals surface area contributed by atoms with Gasteiger partial charge in [0.05, 0.1) is 5.52 Å². The summed E-state index contributed by atoms with van der Waals surface area (Å²) in [6, 6.07) is 6.97. The van der Waals surface area contributed by atoms with Crippen molar-refractivity contribution in [2.45, 2.75) is 25.7 Å². The Labute approximate surface area is 103 Å². The first-order valence-corrected chi connectivity index (χ1v) is 6.52. The molecule has 0 radical (unpaired) electrons. The summed E-state index contributed by atoms with van der Waals surface area (Å²) in [5.74, 6) is 0.701. The Morgan fingerprint density at radius 2 is 2.24 bits per heavy atom. The summed E-state index contributed by atoms with van der Waals surface area (Å²) in [6.45, 7) is 4.54. The Balaban J connectivity index is 2.05. The topological polar surface area (TPSA) is 17.0 Å². The van der Waals surface area contributed by atoms with Crippen molar-refractivity contribution in [2.75, 3.05) is 13.1 Å². The van der Waals surface area contributed by atoms with Gasteiger partial charge in [-0.1, -0.05) is 6.07 Å². The number of piperidine rings is 1. The van der Waals surface area contributed by atoms with Crippen LogP contribution in [0.5, 0.6) is 0 Å². The molecule has 1 atom stereocenters. The lowest BCUT2D eigenvalue weighted by Crippen LogP contribution is -2.28. The van der Waals surface area contributed by atoms with E-state index in [1.165, 1.54) is 41.4 Å². The Bertz CT molecular complexity index is 533. The van der Waals surface area contributed by atoms with Crippen LogP contribution in [-0.4, -0.2) is 17.7 Å². The molecule has 2 heteroatoms. The monoisotopic (exact) mass is 228 g/mol. The van der Waals surface area contributed by atoms with Gasteiger partial charge in [-0.3, -0.25) is 0 Å². The molecule has 2 nitrogen and oxygen atoms in total. The normalized spacial score (nSPS) is 20.9. The standard InChI is InChI=1S/C15H20N2/c1-11-8-14(13-4-3-6-16-10-13)9-12-5-7-17(2)15(11)12/h5,7-9,13,16H,3-4,6,10H2,1-2H3. The van der Waals surface area contributed by atoms with Crippen molar-refractivity contribution in [1.29, 1.82) is 0 Å². The fraction of sp³-hybridized carbons (Fsp3) is 0.467. The van der Waals surface area contributed by atoms with Crippen molar-refractivity contribution < 1.29 is 0 Å². The fourth-order valence-electron chi connectivity index (χ4n) is 3.08. The molecule has 1 aromatic heterocycles. The molecule has 1 aliphatic heterocycles. The van der Waals surface area contributed by atoms with E-state index in [9.17, 15) is 0 Å². The molecular formula is C15H20N2. The summed E-state index contributed by atoms with van der Waals surface area (Å²) in [5.41, 5.74) is 4.28. The minimum Gasteiger partial charge on any atom is -0.350 e. The molecule has 2 aromatic rings. The van der Waals surface area contributed by atoms with Crippen molar-refractivity contribution in [3.63, 3.8) is 0 Å². The SMILES string of the molecule is Cc1cc(C2CCCNC2)cc2ccn(C)c12. The first kappa shape index (κ1) is 10.8. The second-order valence-corrected chi connectivity index (χ2v) is 5.25. The van der Waals surface area contributed by atoms with Crippen LogP contribution in [0.3, 0.4) is 0 Å². The highest BCUT2D eigenvalue weighted by atomic mass is 14.9. The van der Waals surface area contributed by atoms with Crippen molar-refractivity contribution in [3.8, 4) is 0 Å². The van der Waals surface area contributed by atoms with Crippen LogP contribution < -0.4 is 5.32 Å². The lowest BCUT2D eigenvalue weighted by atomic mass is 9.90. The van der Waals surface area contributed by atoms with Crippen molar-refractivity contribution in [3.05, 3.63) is 35.5 Å². The van der Waals surface area contributed by atoms with Gasteiger partial charge >= 0.3 is 0 Å². The molecule has 0 saturated carbocycles. The summed E-state index contributed by atoms with van der Waals surface area (Å²) < 4.78 is 2.22. The van der Waals surface area contributed by atoms with Gasteiger partial charge in [0, 0.05) is 25.2 Å². The number of nitrogens with zero attached hydrogens (tertiary/aromatic N) is 1. The van der Waals surface area contributed by atoms with Crippen LogP contribution in [-0.2, 0) is 7.05 Å². The molecule has 0 amide bonds. The maximum Gasteiger partial charge on any atom is 0.0507 e. The molecule has 1 aromatic carbocycles. The summed E-state index contributed by atoms with van der Waals surface area (Å²) >= 11 is 0. The van der Waals surface area contributed by atoms with E-state index in [2.05, 4.69) is 48.3 Å². The second kappa shape index (κ2) is 4.19. The van der Waals surface area contributed by atoms with Gasteiger partial charge in [0.2, 0.25) is 0 Å². The van der Waals surface area contributed by atoms with Crippen LogP contribution in [0.15, 0.2) is 24.4 Å². The third kappa shape index (κ3) is 1.87. The molecule has 2 heterocycles. The Morgan fingerprint density at radius 3 is 3.00 bits per heavy atom. The number of nitrogens with one attached hydrogen (secondary N) is 1. The largest absolute Gasteiger partial charge is 0.350 e. The van der Waals surface area contributed by atoms with Crippen LogP contribution in [0.1, 0.15) is 29.9 Å². The third-order valence-corrected chi connectivity index (χ3v) is 3.95. The minimum absolute atomic E-state index is 0.701. The molecule has 1 unspecified atom stereocenters. The van der Waals surface area contributed by atoms with Crippen molar-refractivity contribution in [2.24, 2.45) is 7.05 Å². The maximum absolute atomic E-state index is 3.50. The number of aryl methyl sites for hydroxylation is 2. The quantitative estimate of drug-likeness (QED) is 0.794. The second-order valence-electron chi connectivity index (χ2n) is 5.25. The highest BCUT2D eigenvalue weighted by molar-refractivity contribution is 5.84. The predicted octanol–water partition coefficient (Wildman–Crippen LogP) is 2.95. The summed E-state index contributed by atoms with van der Waals surface area (Å²) in [6.07, 6.45) is 4.78. The van der Waals surface area contributed by atoms with Gasteiger partial charge < -0.3 is 9.88 Å². The molecule has 3 rings (SSSR count). The fourth-order valence-corrected chi connectivity index (χ4v) is 3.08. The number of fused-ring (bicyclic) bond motifs is 1. The van der Waals surface area contributed by atoms with Crippen LogP contribution in [0.25, 0.3) is 10.9 Å². The zero-order valence-electron chi connectivity index (χ0n) is 10.7. The highest BCUT2D eigenvalue weighted by Crippen LogP contribution is 2.29. The third-order valence-electron chi connectivity index (χ3n) is 3.95. The van der Waals surface area contributed by atoms with Gasteiger partial charge in [0.1, 0.15) is 0 Å². The van der Waals surface area contributed by atoms with Crippen LogP contribution in [0, 0.1) is 6.92 Å². The van der Waals surface area contributed by atoms with Gasteiger partial charge in [0.25, 0.3) is 0 Å². The molecule has 1 aliphatic rings. The lowest BCUT2D eigenvalue weighted by Gasteiger charge is -2.23. The number of aromatic nitrogens is 1. The maximum atomic E-state index is 3.50. The first-order valence-electron chi connectivity index (χ1n) is 6.52. The Morgan fingerprint density at radius 1 is 1.35 bits per heavy atom. The van der Waals surface area contributed by atoms with Gasteiger partial charge in [-0.05, 0) is 55.5 Å². The lowest BCUT2D eigenvalue weighted by molar-refractivity contribution is 0.462. The van der Waals surface area contributed by atoms with E-state index >= 15 is 0 Å². The summed E-state index contributed by atoms with van der Waals surface area (Å²) in [5, 5.41) is 4.88. The van der Waals surface area contributed by atoms with E-state index < -0.39 is 0 Å². The average molecular weight is 228 g/mol. The molecule has 1 N–H and O–H groups in total. The van der Waals surface area contributed by atoms with Gasteiger partial charge in [-0.15, -0.1) is 0 Å². The number of rotatable bonds is 1. The van der Waals surface area contributed by atoms with E-state index in [1.54, 1.807) is 0 Å². The highest BCUT2D eigenvalue weighted by Gasteiger charge is 2.16. The molecule has 17 heavy (non-hydrogen) atoms. The van der Waals surface area contributed by atoms with E-state index in [0.29, 0.717) is 5.92 Å². The Hall–Kier alpha value is -1.28. The Kier molecular flexibility index (Phi) is 2.67. The minimum atomic E-state index is 0.701. The number of hydrogen-bond donors (Lipinski definition) is 1. The van der Waals surface area contributed by atoms with Crippen molar-refractivity contribution in [1.82, 2.24) is 9.88 Å². The zero-order valence-corrected chi connectivity index (χ0v) is 10.7. The predicted molar refractivity (Wildman–Crippen MR) is 72.5 cm³/mol. The van der Waals surface area contributed by atoms with Gasteiger partial charge in [-0.25, -0.2) is 0 Å². The van der Waals surface area contributed by atoms with Gasteiger partial charge in [0.15, 0.2) is 0 Å². The van der Waals surface area contributed by atoms with Crippen LogP contribution >= 0.6 is 0 Å². The van der Waals surface area contributed by atoms with E-state index in [0.717, 1.165) is 6.54 Å². The molecule has 90 valence electrons. The number of hydrogen-bond acceptors (Lipinski definition) is 1. The van der Waals surface area contributed by atoms with Crippen LogP contribution in [0.4, 0.5) is 0 Å².